The normalized spacial score (nSPS) is 11.7. The van der Waals surface area contributed by atoms with Crippen LogP contribution in [0, 0.1) is 11.3 Å². The molecule has 31 heavy (non-hydrogen) atoms. The van der Waals surface area contributed by atoms with Crippen LogP contribution < -0.4 is 20.1 Å². The molecule has 0 aliphatic rings. The van der Waals surface area contributed by atoms with Crippen molar-refractivity contribution in [2.24, 2.45) is 0 Å². The predicted molar refractivity (Wildman–Crippen MR) is 106 cm³/mol. The standard InChI is InChI=1S/C21H20F3N3O4/c1-13(28)26-18(14-3-6-17(30-2)7-4-14)10-20(29)27-16-5-8-19(15(9-16)11-25)31-12-21(22,23)24/h3-9,18H,10,12H2,1-2H3,(H,26,28)(H,27,29). The van der Waals surface area contributed by atoms with E-state index in [1.807, 2.05) is 0 Å². The SMILES string of the molecule is COc1ccc(C(CC(=O)Nc2ccc(OCC(F)(F)F)c(C#N)c2)NC(C)=O)cc1. The van der Waals surface area contributed by atoms with E-state index in [0.717, 1.165) is 0 Å². The number of nitrogens with zero attached hydrogens (tertiary/aromatic N) is 1. The second-order valence-corrected chi connectivity index (χ2v) is 6.51. The number of hydrogen-bond acceptors (Lipinski definition) is 5. The summed E-state index contributed by atoms with van der Waals surface area (Å²) in [5.74, 6) is -0.423. The van der Waals surface area contributed by atoms with Crippen LogP contribution in [0.3, 0.4) is 0 Å². The molecule has 2 rings (SSSR count). The lowest BCUT2D eigenvalue weighted by Crippen LogP contribution is -2.29. The number of halogens is 3. The van der Waals surface area contributed by atoms with Gasteiger partial charge in [-0.15, -0.1) is 0 Å². The molecule has 0 saturated heterocycles. The Morgan fingerprint density at radius 2 is 1.84 bits per heavy atom. The number of benzene rings is 2. The predicted octanol–water partition coefficient (Wildman–Crippen LogP) is 3.71. The summed E-state index contributed by atoms with van der Waals surface area (Å²) in [6, 6.07) is 11.7. The highest BCUT2D eigenvalue weighted by molar-refractivity contribution is 5.92. The molecule has 2 amide bonds. The van der Waals surface area contributed by atoms with Crippen LogP contribution >= 0.6 is 0 Å². The Balaban J connectivity index is 2.11. The molecule has 0 radical (unpaired) electrons. The van der Waals surface area contributed by atoms with Crippen molar-refractivity contribution in [1.82, 2.24) is 5.32 Å². The molecule has 2 aromatic rings. The fourth-order valence-corrected chi connectivity index (χ4v) is 2.71. The molecule has 10 heteroatoms. The number of alkyl halides is 3. The van der Waals surface area contributed by atoms with E-state index in [1.165, 1.54) is 32.2 Å². The van der Waals surface area contributed by atoms with Crippen LogP contribution in [-0.2, 0) is 9.59 Å². The van der Waals surface area contributed by atoms with E-state index in [1.54, 1.807) is 30.3 Å². The Morgan fingerprint density at radius 1 is 1.16 bits per heavy atom. The first-order valence-corrected chi connectivity index (χ1v) is 9.06. The third kappa shape index (κ3) is 7.54. The van der Waals surface area contributed by atoms with Gasteiger partial charge in [-0.05, 0) is 35.9 Å². The summed E-state index contributed by atoms with van der Waals surface area (Å²) >= 11 is 0. The van der Waals surface area contributed by atoms with E-state index < -0.39 is 24.7 Å². The van der Waals surface area contributed by atoms with Gasteiger partial charge < -0.3 is 20.1 Å². The third-order valence-electron chi connectivity index (χ3n) is 4.06. The van der Waals surface area contributed by atoms with Crippen molar-refractivity contribution in [2.75, 3.05) is 19.0 Å². The lowest BCUT2D eigenvalue weighted by Gasteiger charge is -2.18. The minimum absolute atomic E-state index is 0.111. The van der Waals surface area contributed by atoms with Crippen LogP contribution in [0.5, 0.6) is 11.5 Å². The lowest BCUT2D eigenvalue weighted by molar-refractivity contribution is -0.153. The van der Waals surface area contributed by atoms with Gasteiger partial charge in [0.1, 0.15) is 17.6 Å². The zero-order valence-corrected chi connectivity index (χ0v) is 16.7. The van der Waals surface area contributed by atoms with Crippen molar-refractivity contribution in [3.05, 3.63) is 53.6 Å². The van der Waals surface area contributed by atoms with Gasteiger partial charge in [-0.1, -0.05) is 12.1 Å². The van der Waals surface area contributed by atoms with Gasteiger partial charge in [-0.3, -0.25) is 9.59 Å². The summed E-state index contributed by atoms with van der Waals surface area (Å²) in [7, 11) is 1.52. The number of hydrogen-bond donors (Lipinski definition) is 2. The number of anilines is 1. The molecule has 0 fully saturated rings. The van der Waals surface area contributed by atoms with Gasteiger partial charge >= 0.3 is 6.18 Å². The number of rotatable bonds is 8. The van der Waals surface area contributed by atoms with E-state index in [4.69, 9.17) is 10.00 Å². The highest BCUT2D eigenvalue weighted by atomic mass is 19.4. The molecular weight excluding hydrogens is 415 g/mol. The molecule has 0 aliphatic carbocycles. The fourth-order valence-electron chi connectivity index (χ4n) is 2.71. The highest BCUT2D eigenvalue weighted by Gasteiger charge is 2.29. The average Bonchev–Trinajstić information content (AvgIpc) is 2.71. The zero-order valence-electron chi connectivity index (χ0n) is 16.7. The van der Waals surface area contributed by atoms with E-state index >= 15 is 0 Å². The number of carbonyl (C=O) groups excluding carboxylic acids is 2. The van der Waals surface area contributed by atoms with Crippen LogP contribution in [0.25, 0.3) is 0 Å². The van der Waals surface area contributed by atoms with Crippen LogP contribution in [0.15, 0.2) is 42.5 Å². The van der Waals surface area contributed by atoms with Crippen molar-refractivity contribution in [1.29, 1.82) is 5.26 Å². The number of methoxy groups -OCH3 is 1. The van der Waals surface area contributed by atoms with Gasteiger partial charge in [0.2, 0.25) is 11.8 Å². The quantitative estimate of drug-likeness (QED) is 0.658. The number of nitriles is 1. The Bertz CT molecular complexity index is 969. The molecular formula is C21H20F3N3O4. The summed E-state index contributed by atoms with van der Waals surface area (Å²) in [6.07, 6.45) is -4.65. The van der Waals surface area contributed by atoms with Gasteiger partial charge in [0.25, 0.3) is 0 Å². The number of amides is 2. The molecule has 1 atom stereocenters. The summed E-state index contributed by atoms with van der Waals surface area (Å²) in [4.78, 5) is 24.0. The Kier molecular flexibility index (Phi) is 7.85. The Hall–Kier alpha value is -3.74. The first-order chi connectivity index (χ1) is 14.6. The zero-order chi connectivity index (χ0) is 23.0. The second-order valence-electron chi connectivity index (χ2n) is 6.51. The van der Waals surface area contributed by atoms with Crippen molar-refractivity contribution in [3.8, 4) is 17.6 Å². The largest absolute Gasteiger partial charge is 0.497 e. The topological polar surface area (TPSA) is 100 Å². The molecule has 0 heterocycles. The van der Waals surface area contributed by atoms with Gasteiger partial charge in [0.05, 0.1) is 25.1 Å². The first-order valence-electron chi connectivity index (χ1n) is 9.06. The van der Waals surface area contributed by atoms with E-state index in [-0.39, 0.29) is 29.3 Å². The van der Waals surface area contributed by atoms with Gasteiger partial charge in [0, 0.05) is 12.6 Å². The maximum atomic E-state index is 12.5. The number of nitrogens with one attached hydrogen (secondary N) is 2. The summed E-state index contributed by atoms with van der Waals surface area (Å²) < 4.78 is 46.7. The summed E-state index contributed by atoms with van der Waals surface area (Å²) in [5.41, 5.74) is 0.729. The number of carbonyl (C=O) groups is 2. The maximum absolute atomic E-state index is 12.5. The van der Waals surface area contributed by atoms with E-state index in [9.17, 15) is 22.8 Å². The fraction of sp³-hybridized carbons (Fsp3) is 0.286. The van der Waals surface area contributed by atoms with Crippen LogP contribution in [-0.4, -0.2) is 31.7 Å². The van der Waals surface area contributed by atoms with Gasteiger partial charge in [-0.25, -0.2) is 0 Å². The molecule has 0 saturated carbocycles. The third-order valence-corrected chi connectivity index (χ3v) is 4.06. The van der Waals surface area contributed by atoms with Crippen LogP contribution in [0.2, 0.25) is 0 Å². The molecule has 0 aliphatic heterocycles. The van der Waals surface area contributed by atoms with Gasteiger partial charge in [0.15, 0.2) is 6.61 Å². The minimum atomic E-state index is -4.54. The molecule has 0 bridgehead atoms. The van der Waals surface area contributed by atoms with E-state index in [0.29, 0.717) is 11.3 Å². The molecule has 164 valence electrons. The second kappa shape index (κ2) is 10.3. The van der Waals surface area contributed by atoms with Gasteiger partial charge in [-0.2, -0.15) is 18.4 Å². The van der Waals surface area contributed by atoms with Crippen LogP contribution in [0.1, 0.15) is 30.5 Å². The smallest absolute Gasteiger partial charge is 0.422 e. The summed E-state index contributed by atoms with van der Waals surface area (Å²) in [6.45, 7) is -0.207. The average molecular weight is 435 g/mol. The van der Waals surface area contributed by atoms with Crippen molar-refractivity contribution >= 4 is 17.5 Å². The van der Waals surface area contributed by atoms with Crippen molar-refractivity contribution < 1.29 is 32.2 Å². The molecule has 2 aromatic carbocycles. The molecule has 2 N–H and O–H groups in total. The highest BCUT2D eigenvalue weighted by Crippen LogP contribution is 2.26. The molecule has 0 aromatic heterocycles. The minimum Gasteiger partial charge on any atom is -0.497 e. The van der Waals surface area contributed by atoms with E-state index in [2.05, 4.69) is 15.4 Å². The molecule has 7 nitrogen and oxygen atoms in total. The van der Waals surface area contributed by atoms with Crippen molar-refractivity contribution in [3.63, 3.8) is 0 Å². The lowest BCUT2D eigenvalue weighted by atomic mass is 10.0. The molecule has 0 spiro atoms. The van der Waals surface area contributed by atoms with Crippen molar-refractivity contribution in [2.45, 2.75) is 25.6 Å². The molecule has 1 unspecified atom stereocenters. The first kappa shape index (κ1) is 23.5. The number of ether oxygens (including phenoxy) is 2. The Morgan fingerprint density at radius 3 is 2.39 bits per heavy atom. The maximum Gasteiger partial charge on any atom is 0.422 e. The Labute approximate surface area is 176 Å². The monoisotopic (exact) mass is 435 g/mol. The van der Waals surface area contributed by atoms with Crippen LogP contribution in [0.4, 0.5) is 18.9 Å². The summed E-state index contributed by atoms with van der Waals surface area (Å²) in [5, 5.41) is 14.4.